The summed E-state index contributed by atoms with van der Waals surface area (Å²) in [6.45, 7) is 4.02. The van der Waals surface area contributed by atoms with Gasteiger partial charge < -0.3 is 15.0 Å². The Hall–Kier alpha value is -4.11. The summed E-state index contributed by atoms with van der Waals surface area (Å²) in [7, 11) is 0. The fourth-order valence-corrected chi connectivity index (χ4v) is 5.87. The predicted molar refractivity (Wildman–Crippen MR) is 157 cm³/mol. The van der Waals surface area contributed by atoms with Crippen LogP contribution in [0.25, 0.3) is 11.1 Å². The molecule has 0 atom stereocenters. The summed E-state index contributed by atoms with van der Waals surface area (Å²) in [5.74, 6) is -2.50. The maximum Gasteiger partial charge on any atom is 0.275 e. The minimum absolute atomic E-state index is 0.00370. The van der Waals surface area contributed by atoms with Gasteiger partial charge in [0, 0.05) is 48.1 Å². The first-order chi connectivity index (χ1) is 19.7. The Balaban J connectivity index is 1.19. The zero-order valence-corrected chi connectivity index (χ0v) is 23.7. The zero-order chi connectivity index (χ0) is 29.0. The number of carbonyl (C=O) groups excluding carboxylic acids is 2. The molecule has 0 bridgehead atoms. The molecule has 0 saturated carbocycles. The number of rotatable bonds is 8. The summed E-state index contributed by atoms with van der Waals surface area (Å²) in [6, 6.07) is 20.9. The molecule has 5 rings (SSSR count). The number of hydrogen-bond donors (Lipinski definition) is 1. The number of para-hydroxylation sites is 2. The van der Waals surface area contributed by atoms with Crippen LogP contribution in [-0.4, -0.2) is 41.4 Å². The number of amides is 2. The number of alkyl halides is 2. The highest BCUT2D eigenvalue weighted by Gasteiger charge is 2.27. The van der Waals surface area contributed by atoms with E-state index in [4.69, 9.17) is 4.74 Å². The van der Waals surface area contributed by atoms with E-state index >= 15 is 0 Å². The van der Waals surface area contributed by atoms with Crippen molar-refractivity contribution >= 4 is 28.8 Å². The summed E-state index contributed by atoms with van der Waals surface area (Å²) in [5, 5.41) is 5.50. The van der Waals surface area contributed by atoms with Gasteiger partial charge in [0.15, 0.2) is 6.61 Å². The largest absolute Gasteiger partial charge is 0.484 e. The van der Waals surface area contributed by atoms with Crippen molar-refractivity contribution in [1.29, 1.82) is 0 Å². The molecule has 4 aromatic rings. The highest BCUT2D eigenvalue weighted by Crippen LogP contribution is 2.34. The summed E-state index contributed by atoms with van der Waals surface area (Å²) in [4.78, 5) is 32.2. The summed E-state index contributed by atoms with van der Waals surface area (Å²) < 4.78 is 33.5. The SMILES string of the molecule is Cc1ccccc1OCC(=O)N1CCC(c2nc(C(=O)Nc3ccccc3-c3cccc(C(C)(F)F)c3)cs2)CC1. The monoisotopic (exact) mass is 575 g/mol. The number of nitrogens with one attached hydrogen (secondary N) is 1. The van der Waals surface area contributed by atoms with Crippen molar-refractivity contribution in [1.82, 2.24) is 9.88 Å². The topological polar surface area (TPSA) is 71.5 Å². The third-order valence-electron chi connectivity index (χ3n) is 7.25. The number of aryl methyl sites for hydroxylation is 1. The Kier molecular flexibility index (Phi) is 8.44. The third kappa shape index (κ3) is 6.79. The number of likely N-dealkylation sites (tertiary alicyclic amines) is 1. The van der Waals surface area contributed by atoms with E-state index in [-0.39, 0.29) is 29.9 Å². The van der Waals surface area contributed by atoms with Gasteiger partial charge in [-0.3, -0.25) is 9.59 Å². The van der Waals surface area contributed by atoms with Crippen LogP contribution in [0.3, 0.4) is 0 Å². The predicted octanol–water partition coefficient (Wildman–Crippen LogP) is 7.27. The van der Waals surface area contributed by atoms with E-state index in [0.717, 1.165) is 30.3 Å². The molecule has 3 aromatic carbocycles. The van der Waals surface area contributed by atoms with E-state index in [9.17, 15) is 18.4 Å². The van der Waals surface area contributed by atoms with Crippen molar-refractivity contribution < 1.29 is 23.1 Å². The maximum absolute atomic E-state index is 13.9. The number of halogens is 2. The second-order valence-electron chi connectivity index (χ2n) is 10.2. The third-order valence-corrected chi connectivity index (χ3v) is 8.26. The summed E-state index contributed by atoms with van der Waals surface area (Å²) in [5.41, 5.74) is 2.95. The van der Waals surface area contributed by atoms with E-state index in [1.54, 1.807) is 41.8 Å². The first-order valence-electron chi connectivity index (χ1n) is 13.5. The van der Waals surface area contributed by atoms with Gasteiger partial charge in [-0.15, -0.1) is 11.3 Å². The fraction of sp³-hybridized carbons (Fsp3) is 0.281. The molecule has 6 nitrogen and oxygen atoms in total. The Bertz CT molecular complexity index is 1540. The molecule has 1 saturated heterocycles. The van der Waals surface area contributed by atoms with E-state index in [0.29, 0.717) is 41.3 Å². The molecule has 212 valence electrons. The standard InChI is InChI=1S/C32H31F2N3O3S/c1-21-8-3-6-13-28(21)40-19-29(38)37-16-14-22(15-17-37)31-36-27(20-41-31)30(39)35-26-12-5-4-11-25(26)23-9-7-10-24(18-23)32(2,33)34/h3-13,18,20,22H,14-17,19H2,1-2H3,(H,35,39). The van der Waals surface area contributed by atoms with Gasteiger partial charge in [0.2, 0.25) is 0 Å². The van der Waals surface area contributed by atoms with E-state index in [1.807, 2.05) is 36.1 Å². The van der Waals surface area contributed by atoms with Crippen molar-refractivity contribution in [2.45, 2.75) is 38.5 Å². The van der Waals surface area contributed by atoms with Gasteiger partial charge in [0.1, 0.15) is 11.4 Å². The van der Waals surface area contributed by atoms with Gasteiger partial charge in [-0.25, -0.2) is 13.8 Å². The minimum atomic E-state index is -2.97. The molecule has 1 fully saturated rings. The molecule has 0 radical (unpaired) electrons. The normalized spacial score (nSPS) is 14.1. The number of ether oxygens (including phenoxy) is 1. The van der Waals surface area contributed by atoms with Gasteiger partial charge in [-0.2, -0.15) is 0 Å². The number of aromatic nitrogens is 1. The molecule has 9 heteroatoms. The molecular formula is C32H31F2N3O3S. The van der Waals surface area contributed by atoms with Crippen LogP contribution >= 0.6 is 11.3 Å². The quantitative estimate of drug-likeness (QED) is 0.240. The van der Waals surface area contributed by atoms with Crippen LogP contribution in [0.4, 0.5) is 14.5 Å². The molecule has 1 aliphatic heterocycles. The zero-order valence-electron chi connectivity index (χ0n) is 22.9. The number of carbonyl (C=O) groups is 2. The second kappa shape index (κ2) is 12.2. The molecule has 1 aromatic heterocycles. The van der Waals surface area contributed by atoms with E-state index < -0.39 is 5.92 Å². The number of thiazole rings is 1. The van der Waals surface area contributed by atoms with Crippen LogP contribution in [0.1, 0.15) is 52.3 Å². The van der Waals surface area contributed by atoms with Crippen molar-refractivity contribution in [3.05, 3.63) is 100 Å². The molecule has 41 heavy (non-hydrogen) atoms. The highest BCUT2D eigenvalue weighted by atomic mass is 32.1. The first kappa shape index (κ1) is 28.4. The lowest BCUT2D eigenvalue weighted by Gasteiger charge is -2.31. The number of hydrogen-bond acceptors (Lipinski definition) is 5. The molecule has 0 spiro atoms. The minimum Gasteiger partial charge on any atom is -0.484 e. The average molecular weight is 576 g/mol. The van der Waals surface area contributed by atoms with Crippen molar-refractivity contribution in [2.75, 3.05) is 25.0 Å². The number of benzene rings is 3. The Labute approximate surface area is 242 Å². The fourth-order valence-electron chi connectivity index (χ4n) is 4.89. The second-order valence-corrected chi connectivity index (χ2v) is 11.1. The van der Waals surface area contributed by atoms with Gasteiger partial charge in [-0.05, 0) is 49.1 Å². The molecule has 2 amide bonds. The van der Waals surface area contributed by atoms with Gasteiger partial charge >= 0.3 is 0 Å². The van der Waals surface area contributed by atoms with Crippen LogP contribution in [-0.2, 0) is 10.7 Å². The Morgan fingerprint density at radius 2 is 1.78 bits per heavy atom. The van der Waals surface area contributed by atoms with Crippen molar-refractivity contribution in [2.24, 2.45) is 0 Å². The molecule has 1 N–H and O–H groups in total. The number of nitrogens with zero attached hydrogens (tertiary/aromatic N) is 2. The summed E-state index contributed by atoms with van der Waals surface area (Å²) >= 11 is 1.44. The van der Waals surface area contributed by atoms with Crippen LogP contribution in [0, 0.1) is 6.92 Å². The lowest BCUT2D eigenvalue weighted by atomic mass is 9.97. The molecule has 2 heterocycles. The van der Waals surface area contributed by atoms with Crippen LogP contribution in [0.2, 0.25) is 0 Å². The summed E-state index contributed by atoms with van der Waals surface area (Å²) in [6.07, 6.45) is 1.51. The van der Waals surface area contributed by atoms with Crippen LogP contribution in [0.15, 0.2) is 78.2 Å². The Morgan fingerprint density at radius 3 is 2.54 bits per heavy atom. The van der Waals surface area contributed by atoms with E-state index in [2.05, 4.69) is 10.3 Å². The van der Waals surface area contributed by atoms with Crippen LogP contribution in [0.5, 0.6) is 5.75 Å². The lowest BCUT2D eigenvalue weighted by Crippen LogP contribution is -2.40. The van der Waals surface area contributed by atoms with Gasteiger partial charge in [-0.1, -0.05) is 54.6 Å². The molecule has 0 aliphatic carbocycles. The lowest BCUT2D eigenvalue weighted by molar-refractivity contribution is -0.134. The maximum atomic E-state index is 13.9. The number of piperidine rings is 1. The number of anilines is 1. The van der Waals surface area contributed by atoms with Crippen molar-refractivity contribution in [3.8, 4) is 16.9 Å². The molecule has 0 unspecified atom stereocenters. The first-order valence-corrected chi connectivity index (χ1v) is 14.4. The van der Waals surface area contributed by atoms with Gasteiger partial charge in [0.05, 0.1) is 5.01 Å². The average Bonchev–Trinajstić information content (AvgIpc) is 3.47. The Morgan fingerprint density at radius 1 is 1.05 bits per heavy atom. The van der Waals surface area contributed by atoms with E-state index in [1.165, 1.54) is 23.5 Å². The van der Waals surface area contributed by atoms with Crippen LogP contribution < -0.4 is 10.1 Å². The molecular weight excluding hydrogens is 544 g/mol. The smallest absolute Gasteiger partial charge is 0.275 e. The molecule has 1 aliphatic rings. The highest BCUT2D eigenvalue weighted by molar-refractivity contribution is 7.10. The van der Waals surface area contributed by atoms with Gasteiger partial charge in [0.25, 0.3) is 17.7 Å². The van der Waals surface area contributed by atoms with Crippen molar-refractivity contribution in [3.63, 3.8) is 0 Å².